The van der Waals surface area contributed by atoms with Gasteiger partial charge >= 0.3 is 0 Å². The van der Waals surface area contributed by atoms with Crippen molar-refractivity contribution in [3.05, 3.63) is 39.7 Å². The highest BCUT2D eigenvalue weighted by Gasteiger charge is 2.30. The summed E-state index contributed by atoms with van der Waals surface area (Å²) in [5, 5.41) is 10.6. The second-order valence-corrected chi connectivity index (χ2v) is 8.98. The van der Waals surface area contributed by atoms with E-state index < -0.39 is 15.6 Å². The minimum Gasteiger partial charge on any atom is -0.466 e. The molecule has 0 saturated heterocycles. The SMILES string of the molecule is Cc1cc(C(C)(O)CNS(=O)(=O)c2cc(C)c(C)s2)c(C)o1. The number of thiophene rings is 1. The molecule has 0 saturated carbocycles. The molecule has 0 aliphatic rings. The lowest BCUT2D eigenvalue weighted by Gasteiger charge is -2.23. The predicted octanol–water partition coefficient (Wildman–Crippen LogP) is 2.76. The van der Waals surface area contributed by atoms with Gasteiger partial charge in [0.25, 0.3) is 0 Å². The average molecular weight is 343 g/mol. The lowest BCUT2D eigenvalue weighted by Crippen LogP contribution is -2.38. The third kappa shape index (κ3) is 3.43. The van der Waals surface area contributed by atoms with Crippen LogP contribution in [0.3, 0.4) is 0 Å². The molecule has 0 spiro atoms. The number of sulfonamides is 1. The molecule has 7 heteroatoms. The topological polar surface area (TPSA) is 79.5 Å². The second kappa shape index (κ2) is 5.81. The van der Waals surface area contributed by atoms with E-state index in [1.807, 2.05) is 13.8 Å². The Hall–Kier alpha value is -1.15. The first-order chi connectivity index (χ1) is 10.0. The molecule has 1 unspecified atom stereocenters. The Bertz CT molecular complexity index is 765. The van der Waals surface area contributed by atoms with E-state index in [0.29, 0.717) is 17.1 Å². The third-order valence-electron chi connectivity index (χ3n) is 3.64. The highest BCUT2D eigenvalue weighted by Crippen LogP contribution is 2.28. The molecule has 0 fully saturated rings. The van der Waals surface area contributed by atoms with E-state index >= 15 is 0 Å². The molecule has 2 heterocycles. The van der Waals surface area contributed by atoms with Crippen LogP contribution in [0.4, 0.5) is 0 Å². The van der Waals surface area contributed by atoms with Crippen molar-refractivity contribution in [2.24, 2.45) is 0 Å². The van der Waals surface area contributed by atoms with E-state index in [4.69, 9.17) is 4.42 Å². The van der Waals surface area contributed by atoms with Crippen LogP contribution in [0.1, 0.15) is 34.4 Å². The van der Waals surface area contributed by atoms with Gasteiger partial charge in [0.2, 0.25) is 10.0 Å². The highest BCUT2D eigenvalue weighted by molar-refractivity contribution is 7.91. The standard InChI is InChI=1S/C15H21NO4S2/c1-9-6-14(21-12(9)4)22(18,19)16-8-15(5,17)13-7-10(2)20-11(13)3/h6-7,16-17H,8H2,1-5H3. The minimum absolute atomic E-state index is 0.120. The minimum atomic E-state index is -3.63. The smallest absolute Gasteiger partial charge is 0.250 e. The van der Waals surface area contributed by atoms with Gasteiger partial charge in [-0.3, -0.25) is 0 Å². The van der Waals surface area contributed by atoms with Gasteiger partial charge in [0.15, 0.2) is 0 Å². The van der Waals surface area contributed by atoms with Crippen LogP contribution < -0.4 is 4.72 Å². The fraction of sp³-hybridized carbons (Fsp3) is 0.467. The van der Waals surface area contributed by atoms with Crippen molar-refractivity contribution in [3.63, 3.8) is 0 Å². The van der Waals surface area contributed by atoms with Crippen LogP contribution in [0.25, 0.3) is 0 Å². The summed E-state index contributed by atoms with van der Waals surface area (Å²) in [4.78, 5) is 0.966. The van der Waals surface area contributed by atoms with Gasteiger partial charge in [0, 0.05) is 17.0 Å². The molecule has 0 aliphatic carbocycles. The van der Waals surface area contributed by atoms with Gasteiger partial charge < -0.3 is 9.52 Å². The fourth-order valence-electron chi connectivity index (χ4n) is 2.24. The van der Waals surface area contributed by atoms with E-state index in [0.717, 1.165) is 10.4 Å². The van der Waals surface area contributed by atoms with Crippen LogP contribution in [0, 0.1) is 27.7 Å². The molecule has 5 nitrogen and oxygen atoms in total. The summed E-state index contributed by atoms with van der Waals surface area (Å²) < 4.78 is 32.8. The quantitative estimate of drug-likeness (QED) is 0.875. The van der Waals surface area contributed by atoms with Gasteiger partial charge in [-0.15, -0.1) is 11.3 Å². The molecule has 2 rings (SSSR count). The molecule has 0 aliphatic heterocycles. The van der Waals surface area contributed by atoms with Crippen molar-refractivity contribution in [3.8, 4) is 0 Å². The molecule has 2 aromatic rings. The van der Waals surface area contributed by atoms with Crippen molar-refractivity contribution in [1.29, 1.82) is 0 Å². The molecular formula is C15H21NO4S2. The van der Waals surface area contributed by atoms with Crippen molar-refractivity contribution < 1.29 is 17.9 Å². The van der Waals surface area contributed by atoms with Gasteiger partial charge in [0.05, 0.1) is 0 Å². The Morgan fingerprint density at radius 3 is 2.36 bits per heavy atom. The molecule has 2 N–H and O–H groups in total. The normalized spacial score (nSPS) is 15.0. The number of furan rings is 1. The Morgan fingerprint density at radius 2 is 1.91 bits per heavy atom. The highest BCUT2D eigenvalue weighted by atomic mass is 32.2. The average Bonchev–Trinajstić information content (AvgIpc) is 2.91. The molecule has 2 aromatic heterocycles. The first kappa shape index (κ1) is 17.2. The summed E-state index contributed by atoms with van der Waals surface area (Å²) >= 11 is 1.22. The van der Waals surface area contributed by atoms with Crippen LogP contribution in [-0.4, -0.2) is 20.1 Å². The molecule has 0 radical (unpaired) electrons. The van der Waals surface area contributed by atoms with Crippen molar-refractivity contribution in [1.82, 2.24) is 4.72 Å². The Morgan fingerprint density at radius 1 is 1.27 bits per heavy atom. The van der Waals surface area contributed by atoms with E-state index in [-0.39, 0.29) is 10.8 Å². The predicted molar refractivity (Wildman–Crippen MR) is 86.7 cm³/mol. The van der Waals surface area contributed by atoms with Crippen LogP contribution in [-0.2, 0) is 15.6 Å². The van der Waals surface area contributed by atoms with Gasteiger partial charge in [-0.1, -0.05) is 0 Å². The van der Waals surface area contributed by atoms with E-state index in [1.165, 1.54) is 11.3 Å². The molecule has 1 atom stereocenters. The van der Waals surface area contributed by atoms with Crippen molar-refractivity contribution in [2.45, 2.75) is 44.4 Å². The second-order valence-electron chi connectivity index (χ2n) is 5.73. The lowest BCUT2D eigenvalue weighted by atomic mass is 9.97. The largest absolute Gasteiger partial charge is 0.466 e. The number of hydrogen-bond donors (Lipinski definition) is 2. The maximum Gasteiger partial charge on any atom is 0.250 e. The summed E-state index contributed by atoms with van der Waals surface area (Å²) in [6, 6.07) is 3.37. The zero-order valence-electron chi connectivity index (χ0n) is 13.4. The zero-order chi connectivity index (χ0) is 16.7. The fourth-order valence-corrected chi connectivity index (χ4v) is 4.93. The molecule has 122 valence electrons. The maximum absolute atomic E-state index is 12.3. The maximum atomic E-state index is 12.3. The van der Waals surface area contributed by atoms with Gasteiger partial charge in [-0.25, -0.2) is 13.1 Å². The number of aliphatic hydroxyl groups is 1. The van der Waals surface area contributed by atoms with Crippen LogP contribution in [0.15, 0.2) is 20.8 Å². The van der Waals surface area contributed by atoms with Gasteiger partial charge in [-0.2, -0.15) is 0 Å². The molecule has 22 heavy (non-hydrogen) atoms. The van der Waals surface area contributed by atoms with Crippen molar-refractivity contribution in [2.75, 3.05) is 6.54 Å². The summed E-state index contributed by atoms with van der Waals surface area (Å²) in [7, 11) is -3.63. The van der Waals surface area contributed by atoms with E-state index in [1.54, 1.807) is 32.9 Å². The number of hydrogen-bond acceptors (Lipinski definition) is 5. The lowest BCUT2D eigenvalue weighted by molar-refractivity contribution is 0.0612. The van der Waals surface area contributed by atoms with E-state index in [2.05, 4.69) is 4.72 Å². The number of nitrogens with one attached hydrogen (secondary N) is 1. The zero-order valence-corrected chi connectivity index (χ0v) is 15.0. The monoisotopic (exact) mass is 343 g/mol. The van der Waals surface area contributed by atoms with Crippen LogP contribution in [0.2, 0.25) is 0 Å². The summed E-state index contributed by atoms with van der Waals surface area (Å²) in [6.45, 7) is 8.74. The molecule has 0 amide bonds. The molecule has 0 aromatic carbocycles. The summed E-state index contributed by atoms with van der Waals surface area (Å²) in [5.74, 6) is 1.27. The first-order valence-electron chi connectivity index (χ1n) is 6.89. The Labute approximate surface area is 135 Å². The Balaban J connectivity index is 2.19. The van der Waals surface area contributed by atoms with Crippen molar-refractivity contribution >= 4 is 21.4 Å². The van der Waals surface area contributed by atoms with Gasteiger partial charge in [-0.05, 0) is 52.3 Å². The molecular weight excluding hydrogens is 322 g/mol. The summed E-state index contributed by atoms with van der Waals surface area (Å²) in [6.07, 6.45) is 0. The molecule has 0 bridgehead atoms. The van der Waals surface area contributed by atoms with Gasteiger partial charge in [0.1, 0.15) is 21.3 Å². The Kier molecular flexibility index (Phi) is 4.54. The summed E-state index contributed by atoms with van der Waals surface area (Å²) in [5.41, 5.74) is 0.195. The number of rotatable bonds is 5. The third-order valence-corrected chi connectivity index (χ3v) is 6.66. The van der Waals surface area contributed by atoms with Crippen LogP contribution >= 0.6 is 11.3 Å². The first-order valence-corrected chi connectivity index (χ1v) is 9.19. The van der Waals surface area contributed by atoms with Crippen LogP contribution in [0.5, 0.6) is 0 Å². The number of aryl methyl sites for hydroxylation is 4. The van der Waals surface area contributed by atoms with E-state index in [9.17, 15) is 13.5 Å².